The van der Waals surface area contributed by atoms with Crippen molar-refractivity contribution in [3.63, 3.8) is 0 Å². The number of aromatic nitrogens is 2. The summed E-state index contributed by atoms with van der Waals surface area (Å²) >= 11 is 8.37. The second-order valence-electron chi connectivity index (χ2n) is 4.20. The zero-order valence-electron chi connectivity index (χ0n) is 9.20. The Balaban J connectivity index is 2.08. The van der Waals surface area contributed by atoms with Crippen molar-refractivity contribution in [1.82, 2.24) is 9.78 Å². The summed E-state index contributed by atoms with van der Waals surface area (Å²) in [5.74, 6) is 0. The molecule has 1 aromatic heterocycles. The van der Waals surface area contributed by atoms with Gasteiger partial charge in [0.1, 0.15) is 0 Å². The van der Waals surface area contributed by atoms with Gasteiger partial charge in [-0.2, -0.15) is 5.10 Å². The third-order valence-corrected chi connectivity index (χ3v) is 4.89. The molecular weight excluding hydrogens is 351 g/mol. The lowest BCUT2D eigenvalue weighted by molar-refractivity contribution is -0.0366. The van der Waals surface area contributed by atoms with Crippen molar-refractivity contribution in [1.29, 1.82) is 0 Å². The van der Waals surface area contributed by atoms with Crippen LogP contribution in [0.3, 0.4) is 0 Å². The van der Waals surface area contributed by atoms with Crippen molar-refractivity contribution < 1.29 is 4.74 Å². The fourth-order valence-corrected chi connectivity index (χ4v) is 2.97. The number of nitrogens with zero attached hydrogens (tertiary/aromatic N) is 2. The van der Waals surface area contributed by atoms with E-state index in [1.165, 1.54) is 6.42 Å². The second kappa shape index (κ2) is 4.74. The summed E-state index contributed by atoms with van der Waals surface area (Å²) in [7, 11) is 0. The van der Waals surface area contributed by atoms with Gasteiger partial charge < -0.3 is 4.74 Å². The normalized spacial score (nSPS) is 20.9. The van der Waals surface area contributed by atoms with Gasteiger partial charge in [0.15, 0.2) is 6.23 Å². The van der Waals surface area contributed by atoms with Crippen molar-refractivity contribution in [2.75, 3.05) is 6.61 Å². The number of benzene rings is 1. The quantitative estimate of drug-likeness (QED) is 0.717. The lowest BCUT2D eigenvalue weighted by Crippen LogP contribution is -2.18. The summed E-state index contributed by atoms with van der Waals surface area (Å²) in [6.07, 6.45) is 5.35. The van der Waals surface area contributed by atoms with Gasteiger partial charge in [-0.15, -0.1) is 0 Å². The van der Waals surface area contributed by atoms with Crippen LogP contribution in [-0.2, 0) is 4.74 Å². The van der Waals surface area contributed by atoms with Crippen LogP contribution in [0.4, 0.5) is 0 Å². The molecule has 0 bridgehead atoms. The molecule has 0 N–H and O–H groups in total. The van der Waals surface area contributed by atoms with Crippen molar-refractivity contribution in [3.05, 3.63) is 26.9 Å². The van der Waals surface area contributed by atoms with E-state index in [1.807, 2.05) is 23.0 Å². The largest absolute Gasteiger partial charge is 0.356 e. The Bertz CT molecular complexity index is 549. The maximum atomic E-state index is 6.11. The molecule has 1 atom stereocenters. The molecule has 1 unspecified atom stereocenters. The Morgan fingerprint density at radius 2 is 2.29 bits per heavy atom. The van der Waals surface area contributed by atoms with E-state index in [-0.39, 0.29) is 6.23 Å². The van der Waals surface area contributed by atoms with Crippen LogP contribution in [-0.4, -0.2) is 16.4 Å². The number of fused-ring (bicyclic) bond motifs is 1. The van der Waals surface area contributed by atoms with Gasteiger partial charge in [0.05, 0.1) is 16.7 Å². The number of ether oxygens (including phenoxy) is 1. The van der Waals surface area contributed by atoms with Crippen LogP contribution in [0.2, 0.25) is 5.02 Å². The van der Waals surface area contributed by atoms with Crippen molar-refractivity contribution in [2.24, 2.45) is 0 Å². The average molecular weight is 363 g/mol. The first kappa shape index (κ1) is 11.7. The zero-order valence-corrected chi connectivity index (χ0v) is 12.1. The predicted octanol–water partition coefficient (Wildman–Crippen LogP) is 3.99. The molecule has 0 amide bonds. The van der Waals surface area contributed by atoms with Crippen LogP contribution in [0.15, 0.2) is 18.3 Å². The van der Waals surface area contributed by atoms with Crippen LogP contribution < -0.4 is 0 Å². The lowest BCUT2D eigenvalue weighted by atomic mass is 10.2. The second-order valence-corrected chi connectivity index (χ2v) is 5.69. The molecule has 3 rings (SSSR count). The van der Waals surface area contributed by atoms with Crippen molar-refractivity contribution in [3.8, 4) is 0 Å². The zero-order chi connectivity index (χ0) is 11.8. The molecule has 0 spiro atoms. The summed E-state index contributed by atoms with van der Waals surface area (Å²) in [4.78, 5) is 0. The smallest absolute Gasteiger partial charge is 0.150 e. The maximum absolute atomic E-state index is 6.11. The van der Waals surface area contributed by atoms with Gasteiger partial charge in [-0.25, -0.2) is 4.68 Å². The molecule has 5 heteroatoms. The van der Waals surface area contributed by atoms with Crippen LogP contribution in [0.5, 0.6) is 0 Å². The predicted molar refractivity (Wildman–Crippen MR) is 76.3 cm³/mol. The van der Waals surface area contributed by atoms with E-state index in [9.17, 15) is 0 Å². The number of hydrogen-bond donors (Lipinski definition) is 0. The Kier molecular flexibility index (Phi) is 3.28. The van der Waals surface area contributed by atoms with Gasteiger partial charge in [-0.1, -0.05) is 11.6 Å². The number of halogens is 2. The van der Waals surface area contributed by atoms with E-state index in [0.717, 1.165) is 38.9 Å². The lowest BCUT2D eigenvalue weighted by Gasteiger charge is -2.23. The summed E-state index contributed by atoms with van der Waals surface area (Å²) in [6, 6.07) is 3.94. The van der Waals surface area contributed by atoms with Gasteiger partial charge in [0.2, 0.25) is 0 Å². The minimum absolute atomic E-state index is 0.0817. The van der Waals surface area contributed by atoms with E-state index in [4.69, 9.17) is 16.3 Å². The topological polar surface area (TPSA) is 27.1 Å². The van der Waals surface area contributed by atoms with Gasteiger partial charge in [0.25, 0.3) is 0 Å². The van der Waals surface area contributed by atoms with E-state index >= 15 is 0 Å². The molecule has 1 aliphatic rings. The standard InChI is InChI=1S/C12H12ClIN2O/c13-9-4-5-10-8(12(9)14)7-15-16(10)11-3-1-2-6-17-11/h4-5,7,11H,1-3,6H2. The molecule has 2 heterocycles. The van der Waals surface area contributed by atoms with E-state index in [0.29, 0.717) is 0 Å². The van der Waals surface area contributed by atoms with Gasteiger partial charge >= 0.3 is 0 Å². The molecule has 1 aromatic carbocycles. The monoisotopic (exact) mass is 362 g/mol. The first-order valence-electron chi connectivity index (χ1n) is 5.70. The molecule has 0 radical (unpaired) electrons. The van der Waals surface area contributed by atoms with Crippen LogP contribution >= 0.6 is 34.2 Å². The van der Waals surface area contributed by atoms with Crippen LogP contribution in [0, 0.1) is 3.57 Å². The van der Waals surface area contributed by atoms with E-state index in [2.05, 4.69) is 27.7 Å². The first-order chi connectivity index (χ1) is 8.27. The molecule has 2 aromatic rings. The Morgan fingerprint density at radius 3 is 3.06 bits per heavy atom. The average Bonchev–Trinajstić information content (AvgIpc) is 2.79. The van der Waals surface area contributed by atoms with Gasteiger partial charge in [-0.3, -0.25) is 0 Å². The summed E-state index contributed by atoms with van der Waals surface area (Å²) in [5.41, 5.74) is 1.10. The highest BCUT2D eigenvalue weighted by molar-refractivity contribution is 14.1. The molecule has 17 heavy (non-hydrogen) atoms. The minimum atomic E-state index is 0.0817. The fourth-order valence-electron chi connectivity index (χ4n) is 2.21. The highest BCUT2D eigenvalue weighted by atomic mass is 127. The Morgan fingerprint density at radius 1 is 1.41 bits per heavy atom. The van der Waals surface area contributed by atoms with Gasteiger partial charge in [0, 0.05) is 15.6 Å². The van der Waals surface area contributed by atoms with E-state index in [1.54, 1.807) is 0 Å². The van der Waals surface area contributed by atoms with Crippen molar-refractivity contribution in [2.45, 2.75) is 25.5 Å². The Labute approximate surface area is 118 Å². The maximum Gasteiger partial charge on any atom is 0.150 e. The third-order valence-electron chi connectivity index (χ3n) is 3.10. The number of hydrogen-bond acceptors (Lipinski definition) is 2. The summed E-state index contributed by atoms with van der Waals surface area (Å²) in [5, 5.41) is 6.33. The molecule has 0 saturated carbocycles. The summed E-state index contributed by atoms with van der Waals surface area (Å²) < 4.78 is 8.80. The van der Waals surface area contributed by atoms with Crippen molar-refractivity contribution >= 4 is 45.1 Å². The molecule has 3 nitrogen and oxygen atoms in total. The first-order valence-corrected chi connectivity index (χ1v) is 7.16. The number of rotatable bonds is 1. The van der Waals surface area contributed by atoms with E-state index < -0.39 is 0 Å². The van der Waals surface area contributed by atoms with Gasteiger partial charge in [-0.05, 0) is 54.0 Å². The molecule has 90 valence electrons. The molecule has 0 aliphatic carbocycles. The molecule has 1 saturated heterocycles. The highest BCUT2D eigenvalue weighted by Crippen LogP contribution is 2.31. The van der Waals surface area contributed by atoms with Crippen LogP contribution in [0.1, 0.15) is 25.5 Å². The highest BCUT2D eigenvalue weighted by Gasteiger charge is 2.19. The molecular formula is C12H12ClIN2O. The Hall–Kier alpha value is -0.330. The minimum Gasteiger partial charge on any atom is -0.356 e. The fraction of sp³-hybridized carbons (Fsp3) is 0.417. The third kappa shape index (κ3) is 2.06. The SMILES string of the molecule is Clc1ccc2c(cnn2C2CCCCO2)c1I. The molecule has 1 fully saturated rings. The summed E-state index contributed by atoms with van der Waals surface area (Å²) in [6.45, 7) is 0.830. The molecule has 1 aliphatic heterocycles. The van der Waals surface area contributed by atoms with Crippen LogP contribution in [0.25, 0.3) is 10.9 Å².